The Labute approximate surface area is 122 Å². The van der Waals surface area contributed by atoms with Gasteiger partial charge in [-0.05, 0) is 50.1 Å². The Bertz CT molecular complexity index is 547. The minimum absolute atomic E-state index is 0.00672. The maximum Gasteiger partial charge on any atom is 0.389 e. The molecule has 0 fully saturated rings. The van der Waals surface area contributed by atoms with Crippen molar-refractivity contribution in [2.45, 2.75) is 38.4 Å². The van der Waals surface area contributed by atoms with E-state index >= 15 is 0 Å². The third kappa shape index (κ3) is 5.17. The summed E-state index contributed by atoms with van der Waals surface area (Å²) in [6.45, 7) is 1.90. The third-order valence-corrected chi connectivity index (χ3v) is 3.26. The van der Waals surface area contributed by atoms with Crippen molar-refractivity contribution >= 4 is 5.69 Å². The number of nitrogens with zero attached hydrogens (tertiary/aromatic N) is 1. The number of hydrogen-bond acceptors (Lipinski definition) is 1. The molecule has 2 nitrogen and oxygen atoms in total. The van der Waals surface area contributed by atoms with E-state index in [2.05, 4.69) is 5.32 Å². The average molecular weight is 296 g/mol. The lowest BCUT2D eigenvalue weighted by Crippen LogP contribution is -2.16. The minimum Gasteiger partial charge on any atom is -0.383 e. The number of rotatable bonds is 6. The molecule has 1 heterocycles. The quantitative estimate of drug-likeness (QED) is 0.793. The minimum atomic E-state index is -4.06. The summed E-state index contributed by atoms with van der Waals surface area (Å²) >= 11 is 0. The zero-order valence-electron chi connectivity index (χ0n) is 11.9. The molecule has 0 amide bonds. The smallest absolute Gasteiger partial charge is 0.383 e. The Morgan fingerprint density at radius 3 is 2.52 bits per heavy atom. The SMILES string of the molecule is CC(CCCC(F)(F)F)Nc1cccc(-n2cccc2)c1. The molecule has 114 valence electrons. The summed E-state index contributed by atoms with van der Waals surface area (Å²) in [6.07, 6.45) is -0.240. The average Bonchev–Trinajstić information content (AvgIpc) is 2.91. The van der Waals surface area contributed by atoms with Gasteiger partial charge in [-0.25, -0.2) is 0 Å². The van der Waals surface area contributed by atoms with Crippen LogP contribution in [0.5, 0.6) is 0 Å². The molecule has 5 heteroatoms. The van der Waals surface area contributed by atoms with E-state index < -0.39 is 12.6 Å². The number of alkyl halides is 3. The van der Waals surface area contributed by atoms with Crippen molar-refractivity contribution in [3.05, 3.63) is 48.8 Å². The molecule has 0 aliphatic carbocycles. The molecule has 0 saturated heterocycles. The number of anilines is 1. The first-order valence-corrected chi connectivity index (χ1v) is 7.01. The Morgan fingerprint density at radius 1 is 1.14 bits per heavy atom. The van der Waals surface area contributed by atoms with E-state index in [-0.39, 0.29) is 12.5 Å². The van der Waals surface area contributed by atoms with Crippen LogP contribution >= 0.6 is 0 Å². The number of hydrogen-bond donors (Lipinski definition) is 1. The predicted octanol–water partition coefficient (Wildman–Crippen LogP) is 5.01. The van der Waals surface area contributed by atoms with Gasteiger partial charge < -0.3 is 9.88 Å². The van der Waals surface area contributed by atoms with Gasteiger partial charge in [-0.2, -0.15) is 13.2 Å². The van der Waals surface area contributed by atoms with Gasteiger partial charge >= 0.3 is 6.18 Å². The normalized spacial score (nSPS) is 13.1. The molecule has 0 radical (unpaired) electrons. The highest BCUT2D eigenvalue weighted by Crippen LogP contribution is 2.23. The summed E-state index contributed by atoms with van der Waals surface area (Å²) in [5.41, 5.74) is 1.94. The van der Waals surface area contributed by atoms with Gasteiger partial charge in [0.05, 0.1) is 0 Å². The maximum atomic E-state index is 12.1. The van der Waals surface area contributed by atoms with Crippen molar-refractivity contribution in [3.63, 3.8) is 0 Å². The Morgan fingerprint density at radius 2 is 1.86 bits per heavy atom. The second kappa shape index (κ2) is 6.70. The number of benzene rings is 1. The van der Waals surface area contributed by atoms with E-state index in [1.54, 1.807) is 0 Å². The highest BCUT2D eigenvalue weighted by atomic mass is 19.4. The third-order valence-electron chi connectivity index (χ3n) is 3.26. The molecule has 2 rings (SSSR count). The first-order chi connectivity index (χ1) is 9.94. The van der Waals surface area contributed by atoms with Crippen molar-refractivity contribution in [1.29, 1.82) is 0 Å². The van der Waals surface area contributed by atoms with E-state index in [0.717, 1.165) is 11.4 Å². The molecule has 0 bridgehead atoms. The first kappa shape index (κ1) is 15.5. The van der Waals surface area contributed by atoms with Crippen LogP contribution in [0.15, 0.2) is 48.8 Å². The standard InChI is InChI=1S/C16H19F3N2/c1-13(6-5-9-16(17,18)19)20-14-7-4-8-15(12-14)21-10-2-3-11-21/h2-4,7-8,10-13,20H,5-6,9H2,1H3. The molecule has 1 unspecified atom stereocenters. The number of aromatic nitrogens is 1. The van der Waals surface area contributed by atoms with Gasteiger partial charge in [0, 0.05) is 36.2 Å². The summed E-state index contributed by atoms with van der Waals surface area (Å²) in [5, 5.41) is 3.25. The first-order valence-electron chi connectivity index (χ1n) is 7.01. The number of halogens is 3. The van der Waals surface area contributed by atoms with E-state index in [9.17, 15) is 13.2 Å². The Kier molecular flexibility index (Phi) is 4.94. The molecule has 1 aromatic carbocycles. The highest BCUT2D eigenvalue weighted by Gasteiger charge is 2.26. The lowest BCUT2D eigenvalue weighted by atomic mass is 10.1. The van der Waals surface area contributed by atoms with Crippen molar-refractivity contribution in [1.82, 2.24) is 4.57 Å². The molecule has 1 N–H and O–H groups in total. The van der Waals surface area contributed by atoms with Crippen molar-refractivity contribution < 1.29 is 13.2 Å². The van der Waals surface area contributed by atoms with E-state index in [0.29, 0.717) is 6.42 Å². The van der Waals surface area contributed by atoms with E-state index in [1.165, 1.54) is 0 Å². The van der Waals surface area contributed by atoms with Gasteiger partial charge in [0.2, 0.25) is 0 Å². The highest BCUT2D eigenvalue weighted by molar-refractivity contribution is 5.51. The largest absolute Gasteiger partial charge is 0.389 e. The molecule has 1 aromatic heterocycles. The summed E-state index contributed by atoms with van der Waals surface area (Å²) in [7, 11) is 0. The molecule has 0 aliphatic heterocycles. The van der Waals surface area contributed by atoms with Crippen LogP contribution in [-0.4, -0.2) is 16.8 Å². The fourth-order valence-electron chi connectivity index (χ4n) is 2.23. The van der Waals surface area contributed by atoms with Crippen LogP contribution in [0, 0.1) is 0 Å². The zero-order valence-corrected chi connectivity index (χ0v) is 11.9. The Balaban J connectivity index is 1.89. The molecule has 1 atom stereocenters. The van der Waals surface area contributed by atoms with Crippen molar-refractivity contribution in [3.8, 4) is 5.69 Å². The second-order valence-electron chi connectivity index (χ2n) is 5.19. The summed E-state index contributed by atoms with van der Waals surface area (Å²) in [5.74, 6) is 0. The summed E-state index contributed by atoms with van der Waals surface area (Å²) < 4.78 is 38.3. The molecular formula is C16H19F3N2. The topological polar surface area (TPSA) is 17.0 Å². The molecule has 2 aromatic rings. The monoisotopic (exact) mass is 296 g/mol. The van der Waals surface area contributed by atoms with Crippen LogP contribution in [0.1, 0.15) is 26.2 Å². The van der Waals surface area contributed by atoms with E-state index in [4.69, 9.17) is 0 Å². The van der Waals surface area contributed by atoms with Crippen LogP contribution in [0.4, 0.5) is 18.9 Å². The van der Waals surface area contributed by atoms with Crippen LogP contribution in [-0.2, 0) is 0 Å². The van der Waals surface area contributed by atoms with Gasteiger partial charge in [0.1, 0.15) is 0 Å². The van der Waals surface area contributed by atoms with Gasteiger partial charge in [-0.15, -0.1) is 0 Å². The van der Waals surface area contributed by atoms with Gasteiger partial charge in [-0.3, -0.25) is 0 Å². The van der Waals surface area contributed by atoms with Crippen LogP contribution < -0.4 is 5.32 Å². The molecular weight excluding hydrogens is 277 g/mol. The Hall–Kier alpha value is -1.91. The predicted molar refractivity (Wildman–Crippen MR) is 78.8 cm³/mol. The zero-order chi connectivity index (χ0) is 15.3. The van der Waals surface area contributed by atoms with Crippen LogP contribution in [0.25, 0.3) is 5.69 Å². The fourth-order valence-corrected chi connectivity index (χ4v) is 2.23. The maximum absolute atomic E-state index is 12.1. The number of nitrogens with one attached hydrogen (secondary N) is 1. The summed E-state index contributed by atoms with van der Waals surface area (Å²) in [4.78, 5) is 0. The van der Waals surface area contributed by atoms with Crippen LogP contribution in [0.2, 0.25) is 0 Å². The van der Waals surface area contributed by atoms with Crippen molar-refractivity contribution in [2.24, 2.45) is 0 Å². The second-order valence-corrected chi connectivity index (χ2v) is 5.19. The molecule has 0 aliphatic rings. The van der Waals surface area contributed by atoms with E-state index in [1.807, 2.05) is 60.3 Å². The molecule has 21 heavy (non-hydrogen) atoms. The lowest BCUT2D eigenvalue weighted by Gasteiger charge is -2.16. The van der Waals surface area contributed by atoms with Gasteiger partial charge in [-0.1, -0.05) is 6.07 Å². The van der Waals surface area contributed by atoms with Gasteiger partial charge in [0.15, 0.2) is 0 Å². The van der Waals surface area contributed by atoms with Crippen LogP contribution in [0.3, 0.4) is 0 Å². The summed E-state index contributed by atoms with van der Waals surface area (Å²) in [6, 6.07) is 11.7. The lowest BCUT2D eigenvalue weighted by molar-refractivity contribution is -0.135. The van der Waals surface area contributed by atoms with Gasteiger partial charge in [0.25, 0.3) is 0 Å². The fraction of sp³-hybridized carbons (Fsp3) is 0.375. The molecule has 0 saturated carbocycles. The van der Waals surface area contributed by atoms with Crippen molar-refractivity contribution in [2.75, 3.05) is 5.32 Å². The molecule has 0 spiro atoms.